The van der Waals surface area contributed by atoms with Crippen LogP contribution >= 0.6 is 11.3 Å². The highest BCUT2D eigenvalue weighted by Gasteiger charge is 2.30. The first kappa shape index (κ1) is 10.6. The molecule has 0 amide bonds. The molecule has 4 heteroatoms. The minimum Gasteiger partial charge on any atom is -0.247 e. The number of hydrogen-bond acceptors (Lipinski definition) is 2. The fraction of sp³-hybridized carbons (Fsp3) is 0.417. The average Bonchev–Trinajstić information content (AvgIpc) is 3.00. The van der Waals surface area contributed by atoms with Crippen molar-refractivity contribution in [3.05, 3.63) is 21.9 Å². The maximum Gasteiger partial charge on any atom is 0.0632 e. The van der Waals surface area contributed by atoms with Gasteiger partial charge in [0, 0.05) is 26.7 Å². The average molecular weight is 253 g/mol. The lowest BCUT2D eigenvalue weighted by Crippen LogP contribution is -2.31. The van der Waals surface area contributed by atoms with Crippen LogP contribution in [0.4, 0.5) is 0 Å². The molecule has 3 rings (SSSR count). The van der Waals surface area contributed by atoms with Gasteiger partial charge in [-0.05, 0) is 26.7 Å². The molecule has 1 N–H and O–H groups in total. The number of hydrogen-bond donors (Lipinski definition) is 1. The van der Waals surface area contributed by atoms with E-state index in [1.807, 2.05) is 0 Å². The quantitative estimate of drug-likeness (QED) is 0.707. The lowest BCUT2D eigenvalue weighted by atomic mass is 10.2. The lowest BCUT2D eigenvalue weighted by Gasteiger charge is -2.14. The van der Waals surface area contributed by atoms with Crippen LogP contribution < -0.4 is 4.72 Å². The normalized spacial score (nSPS) is 32.4. The molecular weight excluding hydrogens is 238 g/mol. The van der Waals surface area contributed by atoms with Crippen LogP contribution in [-0.2, 0) is 9.71 Å². The van der Waals surface area contributed by atoms with Gasteiger partial charge in [-0.25, -0.2) is 8.93 Å². The molecule has 0 saturated heterocycles. The standard InChI is InChI=1S/C12H15NOS2/c1-8-3-6-11-9(2)15-7-12(11)16(14,13-8)10-4-5-10/h3,6-8H,4-5H2,1-2H3,(H,13,14). The second kappa shape index (κ2) is 3.45. The molecule has 1 aliphatic carbocycles. The first-order chi connectivity index (χ1) is 7.61. The number of rotatable bonds is 0. The Balaban J connectivity index is 2.32. The summed E-state index contributed by atoms with van der Waals surface area (Å²) in [6.07, 6.45) is 6.27. The summed E-state index contributed by atoms with van der Waals surface area (Å²) in [4.78, 5) is 3.47. The van der Waals surface area contributed by atoms with Crippen molar-refractivity contribution in [1.82, 2.24) is 4.72 Å². The lowest BCUT2D eigenvalue weighted by molar-refractivity contribution is 0.664. The van der Waals surface area contributed by atoms with E-state index >= 15 is 0 Å². The van der Waals surface area contributed by atoms with E-state index in [1.54, 1.807) is 11.3 Å². The molecular formula is C12H15NOS2. The molecule has 0 radical (unpaired) electrons. The van der Waals surface area contributed by atoms with Gasteiger partial charge in [0.15, 0.2) is 0 Å². The van der Waals surface area contributed by atoms with Crippen LogP contribution in [0.5, 0.6) is 0 Å². The number of aryl methyl sites for hydroxylation is 1. The molecule has 1 fully saturated rings. The van der Waals surface area contributed by atoms with Crippen LogP contribution in [-0.4, -0.2) is 15.1 Å². The van der Waals surface area contributed by atoms with E-state index in [-0.39, 0.29) is 6.04 Å². The second-order valence-electron chi connectivity index (χ2n) is 4.43. The molecule has 1 saturated carbocycles. The minimum absolute atomic E-state index is 0.178. The molecule has 0 spiro atoms. The Hall–Kier alpha value is -0.580. The molecule has 2 unspecified atom stereocenters. The summed E-state index contributed by atoms with van der Waals surface area (Å²) >= 11 is 1.69. The smallest absolute Gasteiger partial charge is 0.0632 e. The number of thiophene rings is 1. The Morgan fingerprint density at radius 2 is 2.25 bits per heavy atom. The van der Waals surface area contributed by atoms with Gasteiger partial charge in [-0.2, -0.15) is 0 Å². The predicted molar refractivity (Wildman–Crippen MR) is 71.3 cm³/mol. The van der Waals surface area contributed by atoms with Crippen LogP contribution in [0.3, 0.4) is 0 Å². The van der Waals surface area contributed by atoms with Crippen molar-refractivity contribution in [1.29, 1.82) is 0 Å². The molecule has 2 aliphatic rings. The molecule has 2 atom stereocenters. The van der Waals surface area contributed by atoms with Crippen LogP contribution in [0, 0.1) is 6.92 Å². The maximum atomic E-state index is 13.1. The fourth-order valence-electron chi connectivity index (χ4n) is 2.05. The maximum absolute atomic E-state index is 13.1. The second-order valence-corrected chi connectivity index (χ2v) is 7.88. The largest absolute Gasteiger partial charge is 0.247 e. The van der Waals surface area contributed by atoms with E-state index in [4.69, 9.17) is 0 Å². The summed E-state index contributed by atoms with van der Waals surface area (Å²) in [5.74, 6) is 0. The van der Waals surface area contributed by atoms with E-state index in [1.165, 1.54) is 15.3 Å². The summed E-state index contributed by atoms with van der Waals surface area (Å²) < 4.78 is 16.3. The van der Waals surface area contributed by atoms with Gasteiger partial charge in [-0.15, -0.1) is 11.3 Å². The Morgan fingerprint density at radius 3 is 2.94 bits per heavy atom. The van der Waals surface area contributed by atoms with Crippen LogP contribution in [0.15, 0.2) is 16.4 Å². The monoisotopic (exact) mass is 253 g/mol. The van der Waals surface area contributed by atoms with Crippen molar-refractivity contribution in [2.45, 2.75) is 37.6 Å². The van der Waals surface area contributed by atoms with Gasteiger partial charge in [0.25, 0.3) is 0 Å². The van der Waals surface area contributed by atoms with E-state index in [9.17, 15) is 4.21 Å². The highest BCUT2D eigenvalue weighted by molar-refractivity contribution is 8.01. The van der Waals surface area contributed by atoms with Gasteiger partial charge in [0.1, 0.15) is 0 Å². The third-order valence-corrected chi connectivity index (χ3v) is 7.02. The van der Waals surface area contributed by atoms with Crippen molar-refractivity contribution in [3.8, 4) is 0 Å². The van der Waals surface area contributed by atoms with Gasteiger partial charge in [0.2, 0.25) is 0 Å². The van der Waals surface area contributed by atoms with E-state index in [0.29, 0.717) is 0 Å². The van der Waals surface area contributed by atoms with E-state index in [2.05, 4.69) is 36.1 Å². The SMILES string of the molecule is Cc1scc2c1C=CC(C)NS2(=O)=C1CC1. The highest BCUT2D eigenvalue weighted by Crippen LogP contribution is 2.33. The van der Waals surface area contributed by atoms with E-state index < -0.39 is 9.71 Å². The number of nitrogens with one attached hydrogen (secondary N) is 1. The molecule has 2 nitrogen and oxygen atoms in total. The molecule has 16 heavy (non-hydrogen) atoms. The van der Waals surface area contributed by atoms with Crippen LogP contribution in [0.1, 0.15) is 30.2 Å². The molecule has 1 aromatic rings. The van der Waals surface area contributed by atoms with Crippen molar-refractivity contribution >= 4 is 32.0 Å². The molecule has 86 valence electrons. The van der Waals surface area contributed by atoms with Crippen molar-refractivity contribution in [2.24, 2.45) is 0 Å². The molecule has 2 heterocycles. The topological polar surface area (TPSA) is 29.1 Å². The zero-order chi connectivity index (χ0) is 11.3. The Bertz CT molecular complexity index is 582. The highest BCUT2D eigenvalue weighted by atomic mass is 32.2. The Morgan fingerprint density at radius 1 is 1.50 bits per heavy atom. The van der Waals surface area contributed by atoms with Gasteiger partial charge in [-0.1, -0.05) is 12.2 Å². The van der Waals surface area contributed by atoms with Crippen LogP contribution in [0.2, 0.25) is 0 Å². The van der Waals surface area contributed by atoms with Gasteiger partial charge < -0.3 is 0 Å². The van der Waals surface area contributed by atoms with Crippen LogP contribution in [0.25, 0.3) is 6.08 Å². The minimum atomic E-state index is -2.11. The van der Waals surface area contributed by atoms with Gasteiger partial charge in [-0.3, -0.25) is 0 Å². The molecule has 0 bridgehead atoms. The molecule has 1 aliphatic heterocycles. The molecule has 0 aromatic carbocycles. The fourth-order valence-corrected chi connectivity index (χ4v) is 5.93. The summed E-state index contributed by atoms with van der Waals surface area (Å²) in [7, 11) is -2.11. The van der Waals surface area contributed by atoms with Gasteiger partial charge in [0.05, 0.1) is 14.6 Å². The Kier molecular flexibility index (Phi) is 2.28. The summed E-state index contributed by atoms with van der Waals surface area (Å²) in [6.45, 7) is 4.16. The summed E-state index contributed by atoms with van der Waals surface area (Å²) in [5.41, 5.74) is 1.17. The first-order valence-corrected chi connectivity index (χ1v) is 7.97. The summed E-state index contributed by atoms with van der Waals surface area (Å²) in [5, 5.41) is 2.06. The third-order valence-electron chi connectivity index (χ3n) is 3.06. The zero-order valence-corrected chi connectivity index (χ0v) is 11.1. The van der Waals surface area contributed by atoms with Crippen molar-refractivity contribution < 1.29 is 4.21 Å². The Labute approximate surface area is 101 Å². The zero-order valence-electron chi connectivity index (χ0n) is 9.45. The van der Waals surface area contributed by atoms with Crippen molar-refractivity contribution in [3.63, 3.8) is 0 Å². The predicted octanol–water partition coefficient (Wildman–Crippen LogP) is 2.59. The summed E-state index contributed by atoms with van der Waals surface area (Å²) in [6, 6.07) is 0.178. The van der Waals surface area contributed by atoms with Crippen molar-refractivity contribution in [2.75, 3.05) is 0 Å². The van der Waals surface area contributed by atoms with E-state index in [0.717, 1.165) is 17.7 Å². The third kappa shape index (κ3) is 1.48. The first-order valence-electron chi connectivity index (χ1n) is 5.54. The number of fused-ring (bicyclic) bond motifs is 1. The molecule has 1 aromatic heterocycles. The van der Waals surface area contributed by atoms with Gasteiger partial charge >= 0.3 is 0 Å².